The van der Waals surface area contributed by atoms with Crippen LogP contribution in [0.5, 0.6) is 0 Å². The van der Waals surface area contributed by atoms with Gasteiger partial charge in [0.1, 0.15) is 0 Å². The fraction of sp³-hybridized carbons (Fsp3) is 0.625. The molecular formula is C16H24N2O2. The van der Waals surface area contributed by atoms with E-state index in [0.29, 0.717) is 25.8 Å². The minimum Gasteiger partial charge on any atom is -0.388 e. The van der Waals surface area contributed by atoms with Crippen LogP contribution in [0.15, 0.2) is 24.3 Å². The lowest BCUT2D eigenvalue weighted by Gasteiger charge is -2.34. The van der Waals surface area contributed by atoms with Crippen LogP contribution in [-0.4, -0.2) is 37.0 Å². The summed E-state index contributed by atoms with van der Waals surface area (Å²) in [4.78, 5) is 0. The van der Waals surface area contributed by atoms with Gasteiger partial charge < -0.3 is 20.5 Å². The standard InChI is InChI=1S/C16H24N2O2/c19-16(6-9-20-10-7-16)12-18-15-5-8-17-11-13-3-1-2-4-14(13)15/h1-4,15,17-19H,5-12H2. The van der Waals surface area contributed by atoms with Gasteiger partial charge in [0.05, 0.1) is 5.60 Å². The smallest absolute Gasteiger partial charge is 0.0815 e. The van der Waals surface area contributed by atoms with Gasteiger partial charge in [0.25, 0.3) is 0 Å². The molecule has 2 aliphatic rings. The van der Waals surface area contributed by atoms with E-state index in [1.54, 1.807) is 0 Å². The zero-order valence-electron chi connectivity index (χ0n) is 11.9. The molecule has 110 valence electrons. The Morgan fingerprint density at radius 3 is 2.95 bits per heavy atom. The van der Waals surface area contributed by atoms with Crippen molar-refractivity contribution < 1.29 is 9.84 Å². The Balaban J connectivity index is 1.67. The molecule has 1 saturated heterocycles. The first-order valence-electron chi connectivity index (χ1n) is 7.59. The zero-order chi connectivity index (χ0) is 13.8. The molecule has 1 atom stereocenters. The molecule has 1 fully saturated rings. The van der Waals surface area contributed by atoms with Crippen molar-refractivity contribution in [2.45, 2.75) is 37.5 Å². The van der Waals surface area contributed by atoms with Crippen LogP contribution >= 0.6 is 0 Å². The Morgan fingerprint density at radius 2 is 2.10 bits per heavy atom. The molecule has 0 aromatic heterocycles. The minimum absolute atomic E-state index is 0.327. The first-order valence-corrected chi connectivity index (χ1v) is 7.59. The molecule has 2 aliphatic heterocycles. The number of hydrogen-bond acceptors (Lipinski definition) is 4. The summed E-state index contributed by atoms with van der Waals surface area (Å²) in [5, 5.41) is 17.6. The van der Waals surface area contributed by atoms with Crippen molar-refractivity contribution in [2.75, 3.05) is 26.3 Å². The van der Waals surface area contributed by atoms with Crippen LogP contribution in [0.4, 0.5) is 0 Å². The second kappa shape index (κ2) is 6.22. The van der Waals surface area contributed by atoms with Gasteiger partial charge in [-0.05, 0) is 24.1 Å². The summed E-state index contributed by atoms with van der Waals surface area (Å²) < 4.78 is 5.34. The molecule has 0 spiro atoms. The van der Waals surface area contributed by atoms with E-state index in [2.05, 4.69) is 34.9 Å². The van der Waals surface area contributed by atoms with Crippen molar-refractivity contribution in [1.82, 2.24) is 10.6 Å². The summed E-state index contributed by atoms with van der Waals surface area (Å²) in [6.07, 6.45) is 2.52. The Kier molecular flexibility index (Phi) is 4.36. The van der Waals surface area contributed by atoms with E-state index in [9.17, 15) is 5.11 Å². The Hall–Kier alpha value is -0.940. The van der Waals surface area contributed by atoms with E-state index >= 15 is 0 Å². The molecule has 3 N–H and O–H groups in total. The van der Waals surface area contributed by atoms with Crippen molar-refractivity contribution in [1.29, 1.82) is 0 Å². The maximum atomic E-state index is 10.6. The van der Waals surface area contributed by atoms with E-state index in [1.165, 1.54) is 11.1 Å². The van der Waals surface area contributed by atoms with E-state index in [1.807, 2.05) is 0 Å². The monoisotopic (exact) mass is 276 g/mol. The molecule has 0 aliphatic carbocycles. The highest BCUT2D eigenvalue weighted by molar-refractivity contribution is 5.31. The summed E-state index contributed by atoms with van der Waals surface area (Å²) >= 11 is 0. The maximum Gasteiger partial charge on any atom is 0.0815 e. The normalized spacial score (nSPS) is 25.8. The van der Waals surface area contributed by atoms with Gasteiger partial charge in [-0.25, -0.2) is 0 Å². The van der Waals surface area contributed by atoms with E-state index in [0.717, 1.165) is 32.4 Å². The lowest BCUT2D eigenvalue weighted by molar-refractivity contribution is -0.0629. The number of rotatable bonds is 3. The highest BCUT2D eigenvalue weighted by Crippen LogP contribution is 2.25. The van der Waals surface area contributed by atoms with Crippen LogP contribution in [0.3, 0.4) is 0 Å². The highest BCUT2D eigenvalue weighted by atomic mass is 16.5. The number of nitrogens with one attached hydrogen (secondary N) is 2. The van der Waals surface area contributed by atoms with Gasteiger partial charge in [0, 0.05) is 45.2 Å². The first-order chi connectivity index (χ1) is 9.77. The average molecular weight is 276 g/mol. The van der Waals surface area contributed by atoms with Gasteiger partial charge in [0.2, 0.25) is 0 Å². The molecule has 0 radical (unpaired) electrons. The Labute approximate surface area is 120 Å². The predicted octanol–water partition coefficient (Wildman–Crippen LogP) is 1.35. The number of benzene rings is 1. The second-order valence-corrected chi connectivity index (χ2v) is 5.93. The summed E-state index contributed by atoms with van der Waals surface area (Å²) in [7, 11) is 0. The van der Waals surface area contributed by atoms with Crippen molar-refractivity contribution in [2.24, 2.45) is 0 Å². The molecule has 3 rings (SSSR count). The quantitative estimate of drug-likeness (QED) is 0.780. The fourth-order valence-corrected chi connectivity index (χ4v) is 3.11. The third kappa shape index (κ3) is 3.20. The van der Waals surface area contributed by atoms with Crippen LogP contribution in [0.25, 0.3) is 0 Å². The van der Waals surface area contributed by atoms with Gasteiger partial charge in [-0.15, -0.1) is 0 Å². The molecule has 2 heterocycles. The lowest BCUT2D eigenvalue weighted by Crippen LogP contribution is -2.46. The second-order valence-electron chi connectivity index (χ2n) is 5.93. The maximum absolute atomic E-state index is 10.6. The first kappa shape index (κ1) is 14.0. The van der Waals surface area contributed by atoms with Gasteiger partial charge in [-0.3, -0.25) is 0 Å². The molecule has 1 unspecified atom stereocenters. The van der Waals surface area contributed by atoms with Crippen LogP contribution < -0.4 is 10.6 Å². The van der Waals surface area contributed by atoms with Crippen LogP contribution in [0.2, 0.25) is 0 Å². The molecule has 1 aromatic carbocycles. The summed E-state index contributed by atoms with van der Waals surface area (Å²) in [6.45, 7) is 3.93. The lowest BCUT2D eigenvalue weighted by atomic mass is 9.92. The van der Waals surface area contributed by atoms with E-state index in [-0.39, 0.29) is 0 Å². The molecule has 1 aromatic rings. The van der Waals surface area contributed by atoms with Crippen LogP contribution in [-0.2, 0) is 11.3 Å². The Morgan fingerprint density at radius 1 is 1.30 bits per heavy atom. The summed E-state index contributed by atoms with van der Waals surface area (Å²) in [6, 6.07) is 8.91. The molecule has 4 heteroatoms. The van der Waals surface area contributed by atoms with Crippen molar-refractivity contribution >= 4 is 0 Å². The van der Waals surface area contributed by atoms with Crippen LogP contribution in [0, 0.1) is 0 Å². The number of ether oxygens (including phenoxy) is 1. The molecule has 0 amide bonds. The fourth-order valence-electron chi connectivity index (χ4n) is 3.11. The third-order valence-corrected chi connectivity index (χ3v) is 4.46. The van der Waals surface area contributed by atoms with E-state index in [4.69, 9.17) is 4.74 Å². The summed E-state index contributed by atoms with van der Waals surface area (Å²) in [5.41, 5.74) is 2.13. The SMILES string of the molecule is OC1(CNC2CCNCc3ccccc32)CCOCC1. The molecule has 4 nitrogen and oxygen atoms in total. The largest absolute Gasteiger partial charge is 0.388 e. The zero-order valence-corrected chi connectivity index (χ0v) is 11.9. The van der Waals surface area contributed by atoms with Gasteiger partial charge in [-0.2, -0.15) is 0 Å². The van der Waals surface area contributed by atoms with Crippen molar-refractivity contribution in [3.05, 3.63) is 35.4 Å². The Bertz CT molecular complexity index is 444. The number of hydrogen-bond donors (Lipinski definition) is 3. The summed E-state index contributed by atoms with van der Waals surface area (Å²) in [5.74, 6) is 0. The molecule has 0 bridgehead atoms. The minimum atomic E-state index is -0.604. The number of aliphatic hydroxyl groups is 1. The number of fused-ring (bicyclic) bond motifs is 1. The molecular weight excluding hydrogens is 252 g/mol. The third-order valence-electron chi connectivity index (χ3n) is 4.46. The van der Waals surface area contributed by atoms with Gasteiger partial charge >= 0.3 is 0 Å². The van der Waals surface area contributed by atoms with Gasteiger partial charge in [0.15, 0.2) is 0 Å². The van der Waals surface area contributed by atoms with Gasteiger partial charge in [-0.1, -0.05) is 24.3 Å². The topological polar surface area (TPSA) is 53.5 Å². The highest BCUT2D eigenvalue weighted by Gasteiger charge is 2.30. The van der Waals surface area contributed by atoms with Crippen LogP contribution in [0.1, 0.15) is 36.4 Å². The molecule has 0 saturated carbocycles. The van der Waals surface area contributed by atoms with Crippen molar-refractivity contribution in [3.8, 4) is 0 Å². The molecule has 20 heavy (non-hydrogen) atoms. The predicted molar refractivity (Wildman–Crippen MR) is 78.5 cm³/mol. The van der Waals surface area contributed by atoms with Crippen molar-refractivity contribution in [3.63, 3.8) is 0 Å². The average Bonchev–Trinajstić information content (AvgIpc) is 2.68. The van der Waals surface area contributed by atoms with E-state index < -0.39 is 5.60 Å².